The molecule has 0 aliphatic carbocycles. The summed E-state index contributed by atoms with van der Waals surface area (Å²) in [6, 6.07) is 2.07. The minimum absolute atomic E-state index is 0.302. The van der Waals surface area contributed by atoms with Crippen molar-refractivity contribution in [1.82, 2.24) is 0 Å². The Morgan fingerprint density at radius 2 is 1.69 bits per heavy atom. The van der Waals surface area contributed by atoms with Gasteiger partial charge in [0.25, 0.3) is 0 Å². The number of allylic oxidation sites excluding steroid dienone is 2. The van der Waals surface area contributed by atoms with E-state index in [2.05, 4.69) is 12.1 Å². The number of unbranched alkanes of at least 4 members (excludes halogenated alkanes) is 6. The van der Waals surface area contributed by atoms with Crippen LogP contribution in [-0.2, 0) is 4.79 Å². The number of rotatable bonds is 10. The molecule has 3 nitrogen and oxygen atoms in total. The maximum atomic E-state index is 10.2. The SMILES string of the molecule is N#CC/C=C/CCCCCCCCC(=O)O. The van der Waals surface area contributed by atoms with Gasteiger partial charge in [-0.1, -0.05) is 37.8 Å². The number of nitrogens with zero attached hydrogens (tertiary/aromatic N) is 1. The lowest BCUT2D eigenvalue weighted by molar-refractivity contribution is -0.137. The first-order valence-corrected chi connectivity index (χ1v) is 6.01. The summed E-state index contributed by atoms with van der Waals surface area (Å²) in [5, 5.41) is 16.7. The van der Waals surface area contributed by atoms with Gasteiger partial charge in [-0.3, -0.25) is 4.79 Å². The summed E-state index contributed by atoms with van der Waals surface area (Å²) in [6.07, 6.45) is 12.4. The third-order valence-electron chi connectivity index (χ3n) is 2.39. The van der Waals surface area contributed by atoms with Crippen molar-refractivity contribution < 1.29 is 9.90 Å². The van der Waals surface area contributed by atoms with Crippen LogP contribution >= 0.6 is 0 Å². The summed E-state index contributed by atoms with van der Waals surface area (Å²) >= 11 is 0. The van der Waals surface area contributed by atoms with Crippen LogP contribution in [0.15, 0.2) is 12.2 Å². The van der Waals surface area contributed by atoms with Crippen molar-refractivity contribution in [1.29, 1.82) is 5.26 Å². The number of carboxylic acid groups (broad SMARTS) is 1. The number of nitriles is 1. The molecule has 0 atom stereocenters. The summed E-state index contributed by atoms with van der Waals surface area (Å²) in [6.45, 7) is 0. The van der Waals surface area contributed by atoms with Crippen molar-refractivity contribution in [3.8, 4) is 6.07 Å². The molecule has 0 saturated carbocycles. The van der Waals surface area contributed by atoms with Gasteiger partial charge < -0.3 is 5.11 Å². The maximum Gasteiger partial charge on any atom is 0.303 e. The van der Waals surface area contributed by atoms with Crippen LogP contribution in [0.25, 0.3) is 0 Å². The number of carbonyl (C=O) groups is 1. The van der Waals surface area contributed by atoms with Gasteiger partial charge in [0.2, 0.25) is 0 Å². The van der Waals surface area contributed by atoms with E-state index in [0.717, 1.165) is 25.7 Å². The van der Waals surface area contributed by atoms with Gasteiger partial charge in [-0.05, 0) is 19.3 Å². The van der Waals surface area contributed by atoms with Gasteiger partial charge in [0, 0.05) is 6.42 Å². The highest BCUT2D eigenvalue weighted by Gasteiger charge is 1.95. The van der Waals surface area contributed by atoms with Gasteiger partial charge in [-0.25, -0.2) is 0 Å². The average Bonchev–Trinajstić information content (AvgIpc) is 2.25. The molecular formula is C13H21NO2. The largest absolute Gasteiger partial charge is 0.481 e. The third-order valence-corrected chi connectivity index (χ3v) is 2.39. The Morgan fingerprint density at radius 3 is 2.31 bits per heavy atom. The summed E-state index contributed by atoms with van der Waals surface area (Å²) in [5.74, 6) is -0.692. The second-order valence-corrected chi connectivity index (χ2v) is 3.89. The standard InChI is InChI=1S/C13H21NO2/c14-12-10-8-6-4-2-1-3-5-7-9-11-13(15)16/h6,8H,1-5,7,9-11H2,(H,15,16)/b8-6+. The second-order valence-electron chi connectivity index (χ2n) is 3.89. The molecule has 0 amide bonds. The summed E-state index contributed by atoms with van der Waals surface area (Å²) < 4.78 is 0. The predicted molar refractivity (Wildman–Crippen MR) is 63.9 cm³/mol. The molecular weight excluding hydrogens is 202 g/mol. The highest BCUT2D eigenvalue weighted by molar-refractivity contribution is 5.66. The smallest absolute Gasteiger partial charge is 0.303 e. The Morgan fingerprint density at radius 1 is 1.06 bits per heavy atom. The predicted octanol–water partition coefficient (Wildman–Crippen LogP) is 3.66. The molecule has 0 saturated heterocycles. The maximum absolute atomic E-state index is 10.2. The first-order chi connectivity index (χ1) is 7.77. The average molecular weight is 223 g/mol. The van der Waals surface area contributed by atoms with E-state index < -0.39 is 5.97 Å². The molecule has 0 aromatic heterocycles. The molecule has 0 radical (unpaired) electrons. The minimum Gasteiger partial charge on any atom is -0.481 e. The topological polar surface area (TPSA) is 61.1 Å². The van der Waals surface area contributed by atoms with Crippen LogP contribution in [0.1, 0.15) is 57.8 Å². The van der Waals surface area contributed by atoms with Gasteiger partial charge in [0.1, 0.15) is 0 Å². The Balaban J connectivity index is 3.04. The molecule has 0 aliphatic heterocycles. The van der Waals surface area contributed by atoms with E-state index in [9.17, 15) is 4.79 Å². The number of aliphatic carboxylic acids is 1. The fraction of sp³-hybridized carbons (Fsp3) is 0.692. The molecule has 90 valence electrons. The molecule has 0 rings (SSSR count). The van der Waals surface area contributed by atoms with Gasteiger partial charge >= 0.3 is 5.97 Å². The van der Waals surface area contributed by atoms with Crippen LogP contribution in [0, 0.1) is 11.3 Å². The van der Waals surface area contributed by atoms with Gasteiger partial charge in [-0.2, -0.15) is 5.26 Å². The zero-order valence-corrected chi connectivity index (χ0v) is 9.82. The van der Waals surface area contributed by atoms with Crippen molar-refractivity contribution in [2.75, 3.05) is 0 Å². The van der Waals surface area contributed by atoms with Crippen LogP contribution in [0.5, 0.6) is 0 Å². The molecule has 16 heavy (non-hydrogen) atoms. The molecule has 0 bridgehead atoms. The lowest BCUT2D eigenvalue weighted by Crippen LogP contribution is -1.93. The van der Waals surface area contributed by atoms with Gasteiger partial charge in [-0.15, -0.1) is 0 Å². The molecule has 1 N–H and O–H groups in total. The Bertz CT molecular complexity index is 241. The zero-order chi connectivity index (χ0) is 12.1. The van der Waals surface area contributed by atoms with E-state index >= 15 is 0 Å². The number of carboxylic acids is 1. The van der Waals surface area contributed by atoms with Crippen molar-refractivity contribution in [2.45, 2.75) is 57.8 Å². The Hall–Kier alpha value is -1.30. The highest BCUT2D eigenvalue weighted by Crippen LogP contribution is 2.08. The minimum atomic E-state index is -0.692. The number of hydrogen-bond acceptors (Lipinski definition) is 2. The third kappa shape index (κ3) is 12.7. The quantitative estimate of drug-likeness (QED) is 0.454. The monoisotopic (exact) mass is 223 g/mol. The second kappa shape index (κ2) is 11.8. The summed E-state index contributed by atoms with van der Waals surface area (Å²) in [4.78, 5) is 10.2. The van der Waals surface area contributed by atoms with Crippen LogP contribution in [0.2, 0.25) is 0 Å². The lowest BCUT2D eigenvalue weighted by Gasteiger charge is -1.99. The molecule has 0 heterocycles. The van der Waals surface area contributed by atoms with Crippen molar-refractivity contribution in [3.05, 3.63) is 12.2 Å². The Labute approximate surface area is 97.8 Å². The van der Waals surface area contributed by atoms with E-state index in [0.29, 0.717) is 12.8 Å². The van der Waals surface area contributed by atoms with Gasteiger partial charge in [0.05, 0.1) is 12.5 Å². The molecule has 0 spiro atoms. The normalized spacial score (nSPS) is 10.4. The van der Waals surface area contributed by atoms with Crippen LogP contribution in [0.4, 0.5) is 0 Å². The summed E-state index contributed by atoms with van der Waals surface area (Å²) in [5.41, 5.74) is 0. The zero-order valence-electron chi connectivity index (χ0n) is 9.82. The van der Waals surface area contributed by atoms with Crippen LogP contribution in [0.3, 0.4) is 0 Å². The first-order valence-electron chi connectivity index (χ1n) is 6.01. The van der Waals surface area contributed by atoms with E-state index in [1.165, 1.54) is 19.3 Å². The van der Waals surface area contributed by atoms with Gasteiger partial charge in [0.15, 0.2) is 0 Å². The lowest BCUT2D eigenvalue weighted by atomic mass is 10.1. The first kappa shape index (κ1) is 14.7. The molecule has 0 aliphatic rings. The molecule has 0 fully saturated rings. The van der Waals surface area contributed by atoms with Crippen LogP contribution in [-0.4, -0.2) is 11.1 Å². The van der Waals surface area contributed by atoms with E-state index in [1.54, 1.807) is 0 Å². The fourth-order valence-corrected chi connectivity index (χ4v) is 1.50. The summed E-state index contributed by atoms with van der Waals surface area (Å²) in [7, 11) is 0. The molecule has 3 heteroatoms. The van der Waals surface area contributed by atoms with E-state index in [4.69, 9.17) is 10.4 Å². The van der Waals surface area contributed by atoms with Crippen molar-refractivity contribution in [2.24, 2.45) is 0 Å². The van der Waals surface area contributed by atoms with E-state index in [-0.39, 0.29) is 0 Å². The fourth-order valence-electron chi connectivity index (χ4n) is 1.50. The molecule has 0 aromatic rings. The van der Waals surface area contributed by atoms with Crippen molar-refractivity contribution in [3.63, 3.8) is 0 Å². The number of hydrogen-bond donors (Lipinski definition) is 1. The highest BCUT2D eigenvalue weighted by atomic mass is 16.4. The molecule has 0 aromatic carbocycles. The Kier molecular flexibility index (Phi) is 10.8. The van der Waals surface area contributed by atoms with Crippen LogP contribution < -0.4 is 0 Å². The molecule has 0 unspecified atom stereocenters. The van der Waals surface area contributed by atoms with E-state index in [1.807, 2.05) is 6.08 Å². The van der Waals surface area contributed by atoms with Crippen molar-refractivity contribution >= 4 is 5.97 Å².